The maximum absolute atomic E-state index is 14.2. The Bertz CT molecular complexity index is 1410. The molecule has 0 spiro atoms. The van der Waals surface area contributed by atoms with Crippen LogP contribution in [0.4, 0.5) is 5.69 Å². The van der Waals surface area contributed by atoms with Gasteiger partial charge >= 0.3 is 0 Å². The van der Waals surface area contributed by atoms with Crippen LogP contribution in [0.5, 0.6) is 0 Å². The molecule has 0 aromatic heterocycles. The first-order chi connectivity index (χ1) is 19.0. The zero-order chi connectivity index (χ0) is 29.4. The van der Waals surface area contributed by atoms with Crippen molar-refractivity contribution in [2.24, 2.45) is 0 Å². The summed E-state index contributed by atoms with van der Waals surface area (Å²) in [7, 11) is -4.14. The smallest absolute Gasteiger partial charge is 0.264 e. The highest BCUT2D eigenvalue weighted by molar-refractivity contribution is 7.92. The van der Waals surface area contributed by atoms with Crippen molar-refractivity contribution in [1.29, 1.82) is 0 Å². The molecule has 0 aliphatic carbocycles. The van der Waals surface area contributed by atoms with Crippen molar-refractivity contribution in [2.45, 2.75) is 64.1 Å². The fraction of sp³-hybridized carbons (Fsp3) is 0.333. The molecule has 0 heterocycles. The first-order valence-electron chi connectivity index (χ1n) is 13.2. The minimum Gasteiger partial charge on any atom is -0.352 e. The number of carbonyl (C=O) groups is 2. The number of sulfonamides is 1. The standard InChI is InChI=1S/C30H35Cl2N3O4S/c1-5-22(4)33-30(37)27(6-2)34(19-24-25(31)16-12-17-26(24)32)29(36)20-35(28-18-11-10-13-21(28)3)40(38,39)23-14-8-7-9-15-23/h7-18,22,27H,5-6,19-20H2,1-4H3,(H,33,37)/t22-,27+/m1/s1. The van der Waals surface area contributed by atoms with Gasteiger partial charge in [0, 0.05) is 28.2 Å². The van der Waals surface area contributed by atoms with Crippen LogP contribution in [0.1, 0.15) is 44.7 Å². The van der Waals surface area contributed by atoms with Crippen molar-refractivity contribution >= 4 is 50.7 Å². The van der Waals surface area contributed by atoms with Crippen LogP contribution in [0.2, 0.25) is 10.0 Å². The van der Waals surface area contributed by atoms with E-state index in [1.54, 1.807) is 74.5 Å². The van der Waals surface area contributed by atoms with Gasteiger partial charge in [-0.25, -0.2) is 8.42 Å². The average Bonchev–Trinajstić information content (AvgIpc) is 2.93. The normalized spacial score (nSPS) is 12.8. The molecule has 2 amide bonds. The van der Waals surface area contributed by atoms with Crippen molar-refractivity contribution in [3.63, 3.8) is 0 Å². The molecule has 3 rings (SSSR count). The van der Waals surface area contributed by atoms with E-state index in [9.17, 15) is 18.0 Å². The lowest BCUT2D eigenvalue weighted by atomic mass is 10.1. The number of rotatable bonds is 12. The van der Waals surface area contributed by atoms with Crippen LogP contribution in [-0.2, 0) is 26.2 Å². The van der Waals surface area contributed by atoms with Crippen LogP contribution in [0, 0.1) is 6.92 Å². The van der Waals surface area contributed by atoms with Crippen LogP contribution in [0.15, 0.2) is 77.7 Å². The number of hydrogen-bond acceptors (Lipinski definition) is 4. The Labute approximate surface area is 247 Å². The Kier molecular flexibility index (Phi) is 11.0. The van der Waals surface area contributed by atoms with Crippen LogP contribution >= 0.6 is 23.2 Å². The summed E-state index contributed by atoms with van der Waals surface area (Å²) in [4.78, 5) is 29.0. The number of benzene rings is 3. The molecule has 10 heteroatoms. The number of nitrogens with zero attached hydrogens (tertiary/aromatic N) is 2. The molecule has 0 saturated heterocycles. The summed E-state index contributed by atoms with van der Waals surface area (Å²) in [5, 5.41) is 3.64. The first kappa shape index (κ1) is 31.5. The van der Waals surface area contributed by atoms with E-state index in [0.717, 1.165) is 4.31 Å². The van der Waals surface area contributed by atoms with Gasteiger partial charge in [0.2, 0.25) is 11.8 Å². The zero-order valence-corrected chi connectivity index (χ0v) is 25.4. The summed E-state index contributed by atoms with van der Waals surface area (Å²) in [6.07, 6.45) is 1.01. The average molecular weight is 605 g/mol. The van der Waals surface area contributed by atoms with Gasteiger partial charge in [-0.1, -0.05) is 79.5 Å². The molecule has 0 fully saturated rings. The van der Waals surface area contributed by atoms with Gasteiger partial charge in [0.15, 0.2) is 0 Å². The first-order valence-corrected chi connectivity index (χ1v) is 15.4. The van der Waals surface area contributed by atoms with E-state index in [1.807, 2.05) is 13.8 Å². The number of para-hydroxylation sites is 1. The second-order valence-electron chi connectivity index (χ2n) is 9.58. The number of nitrogens with one attached hydrogen (secondary N) is 1. The third-order valence-electron chi connectivity index (χ3n) is 6.77. The topological polar surface area (TPSA) is 86.8 Å². The minimum absolute atomic E-state index is 0.0494. The van der Waals surface area contributed by atoms with Crippen LogP contribution in [0.3, 0.4) is 0 Å². The number of amides is 2. The van der Waals surface area contributed by atoms with Crippen LogP contribution < -0.4 is 9.62 Å². The lowest BCUT2D eigenvalue weighted by molar-refractivity contribution is -0.140. The largest absolute Gasteiger partial charge is 0.352 e. The Morgan fingerprint density at radius 1 is 0.875 bits per heavy atom. The lowest BCUT2D eigenvalue weighted by Crippen LogP contribution is -2.53. The van der Waals surface area contributed by atoms with Gasteiger partial charge in [-0.3, -0.25) is 13.9 Å². The van der Waals surface area contributed by atoms with Crippen molar-refractivity contribution in [2.75, 3.05) is 10.8 Å². The fourth-order valence-electron chi connectivity index (χ4n) is 4.29. The second kappa shape index (κ2) is 14.0. The van der Waals surface area contributed by atoms with E-state index in [1.165, 1.54) is 17.0 Å². The van der Waals surface area contributed by atoms with Gasteiger partial charge < -0.3 is 10.2 Å². The van der Waals surface area contributed by atoms with Crippen LogP contribution in [-0.4, -0.2) is 43.8 Å². The highest BCUT2D eigenvalue weighted by Crippen LogP contribution is 2.30. The van der Waals surface area contributed by atoms with Crippen molar-refractivity contribution in [3.8, 4) is 0 Å². The molecule has 3 aromatic rings. The number of halogens is 2. The maximum Gasteiger partial charge on any atom is 0.264 e. The summed E-state index contributed by atoms with van der Waals surface area (Å²) in [5.74, 6) is -0.897. The van der Waals surface area contributed by atoms with Crippen molar-refractivity contribution < 1.29 is 18.0 Å². The van der Waals surface area contributed by atoms with Gasteiger partial charge in [0.05, 0.1) is 10.6 Å². The van der Waals surface area contributed by atoms with Crippen molar-refractivity contribution in [3.05, 3.63) is 94.0 Å². The summed E-state index contributed by atoms with van der Waals surface area (Å²) in [6.45, 7) is 6.81. The quantitative estimate of drug-likeness (QED) is 0.266. The van der Waals surface area contributed by atoms with Gasteiger partial charge in [-0.2, -0.15) is 0 Å². The Hall–Kier alpha value is -3.07. The number of aryl methyl sites for hydroxylation is 1. The number of carbonyl (C=O) groups excluding carboxylic acids is 2. The highest BCUT2D eigenvalue weighted by atomic mass is 35.5. The molecule has 0 bridgehead atoms. The second-order valence-corrected chi connectivity index (χ2v) is 12.3. The molecule has 0 radical (unpaired) electrons. The number of hydrogen-bond donors (Lipinski definition) is 1. The Balaban J connectivity index is 2.10. The molecule has 1 N–H and O–H groups in total. The number of anilines is 1. The zero-order valence-electron chi connectivity index (χ0n) is 23.1. The van der Waals surface area contributed by atoms with Crippen molar-refractivity contribution in [1.82, 2.24) is 10.2 Å². The lowest BCUT2D eigenvalue weighted by Gasteiger charge is -2.34. The third kappa shape index (κ3) is 7.36. The van der Waals surface area contributed by atoms with E-state index in [2.05, 4.69) is 5.32 Å². The van der Waals surface area contributed by atoms with E-state index in [0.29, 0.717) is 39.7 Å². The molecule has 7 nitrogen and oxygen atoms in total. The summed E-state index contributed by atoms with van der Waals surface area (Å²) in [6, 6.07) is 18.9. The van der Waals surface area contributed by atoms with E-state index >= 15 is 0 Å². The van der Waals surface area contributed by atoms with Gasteiger partial charge in [0.1, 0.15) is 12.6 Å². The van der Waals surface area contributed by atoms with Crippen LogP contribution in [0.25, 0.3) is 0 Å². The van der Waals surface area contributed by atoms with Gasteiger partial charge in [-0.05, 0) is 62.6 Å². The Morgan fingerprint density at radius 3 is 2.05 bits per heavy atom. The molecule has 0 aliphatic rings. The Morgan fingerprint density at radius 2 is 1.48 bits per heavy atom. The molecule has 3 aromatic carbocycles. The predicted molar refractivity (Wildman–Crippen MR) is 161 cm³/mol. The van der Waals surface area contributed by atoms with Gasteiger partial charge in [-0.15, -0.1) is 0 Å². The molecule has 2 atom stereocenters. The minimum atomic E-state index is -4.14. The maximum atomic E-state index is 14.2. The summed E-state index contributed by atoms with van der Waals surface area (Å²) >= 11 is 12.9. The molecule has 40 heavy (non-hydrogen) atoms. The molecule has 0 saturated carbocycles. The molecule has 214 valence electrons. The predicted octanol–water partition coefficient (Wildman–Crippen LogP) is 6.22. The molecule has 0 unspecified atom stereocenters. The molecular weight excluding hydrogens is 569 g/mol. The monoisotopic (exact) mass is 603 g/mol. The van der Waals surface area contributed by atoms with Gasteiger partial charge in [0.25, 0.3) is 10.0 Å². The molecule has 0 aliphatic heterocycles. The fourth-order valence-corrected chi connectivity index (χ4v) is 6.31. The SMILES string of the molecule is CC[C@@H](C)NC(=O)[C@H](CC)N(Cc1c(Cl)cccc1Cl)C(=O)CN(c1ccccc1C)S(=O)(=O)c1ccccc1. The molecular formula is C30H35Cl2N3O4S. The third-order valence-corrected chi connectivity index (χ3v) is 9.25. The summed E-state index contributed by atoms with van der Waals surface area (Å²) < 4.78 is 28.9. The summed E-state index contributed by atoms with van der Waals surface area (Å²) in [5.41, 5.74) is 1.52. The highest BCUT2D eigenvalue weighted by Gasteiger charge is 2.34. The van der Waals surface area contributed by atoms with E-state index in [-0.39, 0.29) is 23.4 Å². The van der Waals surface area contributed by atoms with E-state index < -0.39 is 28.5 Å². The van der Waals surface area contributed by atoms with E-state index in [4.69, 9.17) is 23.2 Å².